The normalized spacial score (nSPS) is 34.1. The van der Waals surface area contributed by atoms with Crippen LogP contribution >= 0.6 is 0 Å². The lowest BCUT2D eigenvalue weighted by Crippen LogP contribution is -2.52. The third-order valence-corrected chi connectivity index (χ3v) is 5.84. The molecule has 6 heteroatoms. The monoisotopic (exact) mass is 322 g/mol. The lowest BCUT2D eigenvalue weighted by atomic mass is 9.84. The summed E-state index contributed by atoms with van der Waals surface area (Å²) in [4.78, 5) is 39.7. The van der Waals surface area contributed by atoms with Gasteiger partial charge in [-0.1, -0.05) is 12.8 Å². The number of piperidine rings is 1. The van der Waals surface area contributed by atoms with Gasteiger partial charge >= 0.3 is 5.97 Å². The van der Waals surface area contributed by atoms with Crippen molar-refractivity contribution < 1.29 is 19.5 Å². The first-order valence-corrected chi connectivity index (χ1v) is 8.79. The molecule has 0 aromatic carbocycles. The molecule has 2 amide bonds. The van der Waals surface area contributed by atoms with Gasteiger partial charge in [-0.05, 0) is 38.0 Å². The summed E-state index contributed by atoms with van der Waals surface area (Å²) in [5.74, 6) is -0.838. The first-order valence-electron chi connectivity index (χ1n) is 8.79. The van der Waals surface area contributed by atoms with Crippen LogP contribution in [0.25, 0.3) is 0 Å². The second kappa shape index (κ2) is 6.49. The molecule has 6 nitrogen and oxygen atoms in total. The Hall–Kier alpha value is -1.59. The maximum atomic E-state index is 13.1. The number of carboxylic acids is 1. The molecular weight excluding hydrogens is 296 g/mol. The van der Waals surface area contributed by atoms with E-state index >= 15 is 0 Å². The van der Waals surface area contributed by atoms with Crippen molar-refractivity contribution in [1.29, 1.82) is 0 Å². The first-order chi connectivity index (χ1) is 11.0. The SMILES string of the molecule is CC(=O)N1CCC[C@H](C(=O)N2[C@H](C(=O)O)C[C@H]3CCCC[C@@H]32)C1. The molecule has 1 N–H and O–H groups in total. The Kier molecular flexibility index (Phi) is 4.60. The lowest BCUT2D eigenvalue weighted by molar-refractivity contribution is -0.153. The van der Waals surface area contributed by atoms with E-state index in [2.05, 4.69) is 0 Å². The summed E-state index contributed by atoms with van der Waals surface area (Å²) in [7, 11) is 0. The van der Waals surface area contributed by atoms with Crippen LogP contribution in [0.1, 0.15) is 51.9 Å². The van der Waals surface area contributed by atoms with Crippen molar-refractivity contribution in [3.63, 3.8) is 0 Å². The van der Waals surface area contributed by atoms with Crippen LogP contribution in [-0.4, -0.2) is 57.9 Å². The van der Waals surface area contributed by atoms with Gasteiger partial charge in [0.15, 0.2) is 0 Å². The fourth-order valence-electron chi connectivity index (χ4n) is 4.67. The Morgan fingerprint density at radius 1 is 1.04 bits per heavy atom. The molecule has 2 aliphatic heterocycles. The number of rotatable bonds is 2. The van der Waals surface area contributed by atoms with Gasteiger partial charge in [0.05, 0.1) is 5.92 Å². The van der Waals surface area contributed by atoms with Gasteiger partial charge in [0, 0.05) is 26.1 Å². The predicted molar refractivity (Wildman–Crippen MR) is 83.6 cm³/mol. The van der Waals surface area contributed by atoms with Gasteiger partial charge in [-0.2, -0.15) is 0 Å². The third-order valence-electron chi connectivity index (χ3n) is 5.84. The van der Waals surface area contributed by atoms with Crippen molar-refractivity contribution in [2.45, 2.75) is 64.0 Å². The second-order valence-electron chi connectivity index (χ2n) is 7.25. The summed E-state index contributed by atoms with van der Waals surface area (Å²) < 4.78 is 0. The van der Waals surface area contributed by atoms with Crippen molar-refractivity contribution in [3.8, 4) is 0 Å². The van der Waals surface area contributed by atoms with Crippen molar-refractivity contribution >= 4 is 17.8 Å². The Bertz CT molecular complexity index is 507. The molecule has 0 bridgehead atoms. The van der Waals surface area contributed by atoms with Crippen LogP contribution in [0.3, 0.4) is 0 Å². The summed E-state index contributed by atoms with van der Waals surface area (Å²) >= 11 is 0. The molecule has 0 radical (unpaired) electrons. The van der Waals surface area contributed by atoms with Crippen LogP contribution in [0.15, 0.2) is 0 Å². The van der Waals surface area contributed by atoms with E-state index in [9.17, 15) is 19.5 Å². The van der Waals surface area contributed by atoms with E-state index in [1.54, 1.807) is 9.80 Å². The van der Waals surface area contributed by atoms with E-state index in [0.29, 0.717) is 25.4 Å². The zero-order valence-corrected chi connectivity index (χ0v) is 13.7. The van der Waals surface area contributed by atoms with Gasteiger partial charge in [0.25, 0.3) is 0 Å². The van der Waals surface area contributed by atoms with Crippen LogP contribution in [0, 0.1) is 11.8 Å². The highest BCUT2D eigenvalue weighted by Gasteiger charge is 2.49. The zero-order chi connectivity index (χ0) is 16.6. The summed E-state index contributed by atoms with van der Waals surface area (Å²) in [5, 5.41) is 9.56. The number of fused-ring (bicyclic) bond motifs is 1. The third kappa shape index (κ3) is 3.08. The number of carbonyl (C=O) groups excluding carboxylic acids is 2. The number of carbonyl (C=O) groups is 3. The van der Waals surface area contributed by atoms with E-state index in [-0.39, 0.29) is 23.8 Å². The summed E-state index contributed by atoms with van der Waals surface area (Å²) in [5.41, 5.74) is 0. The van der Waals surface area contributed by atoms with Crippen molar-refractivity contribution in [2.24, 2.45) is 11.8 Å². The largest absolute Gasteiger partial charge is 0.480 e. The lowest BCUT2D eigenvalue weighted by Gasteiger charge is -2.38. The van der Waals surface area contributed by atoms with Crippen LogP contribution in [0.2, 0.25) is 0 Å². The molecular formula is C17H26N2O4. The maximum Gasteiger partial charge on any atom is 0.326 e. The zero-order valence-electron chi connectivity index (χ0n) is 13.7. The predicted octanol–water partition coefficient (Wildman–Crippen LogP) is 1.49. The van der Waals surface area contributed by atoms with Gasteiger partial charge in [-0.15, -0.1) is 0 Å². The number of hydrogen-bond donors (Lipinski definition) is 1. The maximum absolute atomic E-state index is 13.1. The average Bonchev–Trinajstić information content (AvgIpc) is 2.94. The molecule has 4 atom stereocenters. The molecule has 2 heterocycles. The molecule has 3 fully saturated rings. The van der Waals surface area contributed by atoms with E-state index in [4.69, 9.17) is 0 Å². The van der Waals surface area contributed by atoms with Gasteiger partial charge in [-0.3, -0.25) is 9.59 Å². The molecule has 1 aliphatic carbocycles. The van der Waals surface area contributed by atoms with Crippen LogP contribution in [-0.2, 0) is 14.4 Å². The number of amides is 2. The van der Waals surface area contributed by atoms with Crippen LogP contribution < -0.4 is 0 Å². The molecule has 3 aliphatic rings. The quantitative estimate of drug-likeness (QED) is 0.835. The molecule has 2 saturated heterocycles. The van der Waals surface area contributed by atoms with E-state index in [0.717, 1.165) is 38.5 Å². The highest BCUT2D eigenvalue weighted by Crippen LogP contribution is 2.41. The summed E-state index contributed by atoms with van der Waals surface area (Å²) in [6.07, 6.45) is 6.32. The highest BCUT2D eigenvalue weighted by molar-refractivity contribution is 5.87. The Morgan fingerprint density at radius 2 is 1.78 bits per heavy atom. The van der Waals surface area contributed by atoms with Crippen molar-refractivity contribution in [1.82, 2.24) is 9.80 Å². The number of aliphatic carboxylic acids is 1. The van der Waals surface area contributed by atoms with Gasteiger partial charge in [0.1, 0.15) is 6.04 Å². The molecule has 0 unspecified atom stereocenters. The fraction of sp³-hybridized carbons (Fsp3) is 0.824. The van der Waals surface area contributed by atoms with Crippen molar-refractivity contribution in [2.75, 3.05) is 13.1 Å². The van der Waals surface area contributed by atoms with Gasteiger partial charge in [0.2, 0.25) is 11.8 Å². The number of nitrogens with zero attached hydrogens (tertiary/aromatic N) is 2. The Labute approximate surface area is 136 Å². The molecule has 0 aromatic rings. The molecule has 23 heavy (non-hydrogen) atoms. The molecule has 0 aromatic heterocycles. The van der Waals surface area contributed by atoms with E-state index in [1.807, 2.05) is 0 Å². The summed E-state index contributed by atoms with van der Waals surface area (Å²) in [6.45, 7) is 2.67. The Balaban J connectivity index is 1.78. The molecule has 1 saturated carbocycles. The highest BCUT2D eigenvalue weighted by atomic mass is 16.4. The van der Waals surface area contributed by atoms with Gasteiger partial charge < -0.3 is 14.9 Å². The van der Waals surface area contributed by atoms with Gasteiger partial charge in [-0.25, -0.2) is 4.79 Å². The van der Waals surface area contributed by atoms with Crippen LogP contribution in [0.4, 0.5) is 0 Å². The topological polar surface area (TPSA) is 77.9 Å². The smallest absolute Gasteiger partial charge is 0.326 e. The minimum absolute atomic E-state index is 0.00532. The number of likely N-dealkylation sites (tertiary alicyclic amines) is 2. The second-order valence-corrected chi connectivity index (χ2v) is 7.25. The fourth-order valence-corrected chi connectivity index (χ4v) is 4.67. The van der Waals surface area contributed by atoms with E-state index in [1.165, 1.54) is 6.92 Å². The van der Waals surface area contributed by atoms with E-state index < -0.39 is 12.0 Å². The standard InChI is InChI=1S/C17H26N2O4/c1-11(20)18-8-4-6-13(10-18)16(21)19-14-7-3-2-5-12(14)9-15(19)17(22)23/h12-15H,2-10H2,1H3,(H,22,23)/t12-,13+,14+,15+/m1/s1. The summed E-state index contributed by atoms with van der Waals surface area (Å²) in [6, 6.07) is -0.589. The average molecular weight is 322 g/mol. The van der Waals surface area contributed by atoms with Crippen molar-refractivity contribution in [3.05, 3.63) is 0 Å². The molecule has 128 valence electrons. The first kappa shape index (κ1) is 16.3. The minimum atomic E-state index is -0.882. The Morgan fingerprint density at radius 3 is 2.48 bits per heavy atom. The minimum Gasteiger partial charge on any atom is -0.480 e. The molecule has 3 rings (SSSR count). The van der Waals surface area contributed by atoms with Crippen LogP contribution in [0.5, 0.6) is 0 Å². The molecule has 0 spiro atoms. The number of carboxylic acid groups (broad SMARTS) is 1. The number of hydrogen-bond acceptors (Lipinski definition) is 3.